The Balaban J connectivity index is 1.75. The number of aliphatic hydroxyl groups excluding tert-OH is 1. The Morgan fingerprint density at radius 2 is 1.77 bits per heavy atom. The van der Waals surface area contributed by atoms with E-state index in [9.17, 15) is 5.11 Å². The molecule has 2 N–H and O–H groups in total. The first-order chi connectivity index (χ1) is 20.5. The molecule has 1 radical (unpaired) electrons. The number of aryl methyl sites for hydroxylation is 2. The van der Waals surface area contributed by atoms with Crippen LogP contribution in [-0.2, 0) is 15.8 Å². The summed E-state index contributed by atoms with van der Waals surface area (Å²) >= 11 is 0. The zero-order chi connectivity index (χ0) is 32.4. The van der Waals surface area contributed by atoms with Gasteiger partial charge in [0.15, 0.2) is 14.1 Å². The molecule has 1 fully saturated rings. The second-order valence-electron chi connectivity index (χ2n) is 14.5. The van der Waals surface area contributed by atoms with Gasteiger partial charge in [-0.2, -0.15) is 0 Å². The van der Waals surface area contributed by atoms with Crippen LogP contribution in [0.15, 0.2) is 28.8 Å². The predicted octanol–water partition coefficient (Wildman–Crippen LogP) is 7.52. The van der Waals surface area contributed by atoms with Gasteiger partial charge >= 0.3 is 0 Å². The fourth-order valence-corrected chi connectivity index (χ4v) is 6.46. The zero-order valence-corrected chi connectivity index (χ0v) is 29.2. The molecule has 44 heavy (non-hydrogen) atoms. The van der Waals surface area contributed by atoms with Crippen LogP contribution in [0.2, 0.25) is 18.1 Å². The fraction of sp³-hybridized carbons (Fsp3) is 0.588. The molecule has 0 aliphatic carbocycles. The van der Waals surface area contributed by atoms with Crippen LogP contribution in [0, 0.1) is 26.2 Å². The summed E-state index contributed by atoms with van der Waals surface area (Å²) in [7, 11) is -2.08. The van der Waals surface area contributed by atoms with Crippen molar-refractivity contribution in [1.82, 2.24) is 15.1 Å². The topological polar surface area (TPSA) is 112 Å². The van der Waals surface area contributed by atoms with Crippen LogP contribution in [0.4, 0.5) is 5.82 Å². The maximum absolute atomic E-state index is 10.5. The van der Waals surface area contributed by atoms with Crippen LogP contribution in [-0.4, -0.2) is 60.0 Å². The van der Waals surface area contributed by atoms with Gasteiger partial charge in [0, 0.05) is 35.8 Å². The third-order valence-electron chi connectivity index (χ3n) is 8.80. The first-order valence-corrected chi connectivity index (χ1v) is 18.5. The van der Waals surface area contributed by atoms with Crippen LogP contribution >= 0.6 is 0 Å². The highest BCUT2D eigenvalue weighted by atomic mass is 28.4. The number of anilines is 1. The number of ether oxygens (including phenoxy) is 2. The molecular weight excluding hydrogens is 572 g/mol. The Morgan fingerprint density at radius 1 is 1.09 bits per heavy atom. The standard InChI is InChI=1S/C34H51N4O5Si/c1-21-28(22(2)42-38-21)29-27(20-39)32(35-25-15-17-40-18-16-25)37-31(36-29)24-13-12-14-26(19-24)41-30(33(4,5)6)23(3)43-44(10,11)34(7,8)9/h12-14,19,23,25,30,39H,3,15-18,20H2,1-2,4-11H3,(H,35,36,37). The van der Waals surface area contributed by atoms with E-state index >= 15 is 0 Å². The summed E-state index contributed by atoms with van der Waals surface area (Å²) in [6, 6.07) is 7.99. The van der Waals surface area contributed by atoms with E-state index in [0.717, 1.165) is 24.0 Å². The van der Waals surface area contributed by atoms with Gasteiger partial charge in [-0.15, -0.1) is 0 Å². The molecule has 1 saturated heterocycles. The van der Waals surface area contributed by atoms with Gasteiger partial charge < -0.3 is 28.8 Å². The number of hydrogen-bond acceptors (Lipinski definition) is 9. The molecule has 3 heterocycles. The molecule has 241 valence electrons. The summed E-state index contributed by atoms with van der Waals surface area (Å²) in [5, 5.41) is 18.3. The minimum Gasteiger partial charge on any atom is -0.487 e. The molecular formula is C34H51N4O5Si. The highest BCUT2D eigenvalue weighted by Gasteiger charge is 2.42. The maximum atomic E-state index is 10.5. The summed E-state index contributed by atoms with van der Waals surface area (Å²) in [5.41, 5.74) is 3.22. The Morgan fingerprint density at radius 3 is 2.34 bits per heavy atom. The monoisotopic (exact) mass is 623 g/mol. The van der Waals surface area contributed by atoms with Crippen LogP contribution in [0.3, 0.4) is 0 Å². The van der Waals surface area contributed by atoms with E-state index in [0.29, 0.717) is 53.3 Å². The molecule has 0 saturated carbocycles. The number of aliphatic hydroxyl groups is 1. The van der Waals surface area contributed by atoms with Crippen molar-refractivity contribution in [3.05, 3.63) is 48.2 Å². The van der Waals surface area contributed by atoms with E-state index in [1.165, 1.54) is 0 Å². The van der Waals surface area contributed by atoms with Crippen molar-refractivity contribution >= 4 is 14.1 Å². The normalized spacial score (nSPS) is 16.5. The van der Waals surface area contributed by atoms with Crippen molar-refractivity contribution in [2.45, 2.75) is 111 Å². The molecule has 3 aromatic rings. The number of rotatable bonds is 10. The van der Waals surface area contributed by atoms with Crippen molar-refractivity contribution in [3.63, 3.8) is 0 Å². The largest absolute Gasteiger partial charge is 0.487 e. The summed E-state index contributed by atoms with van der Waals surface area (Å²) < 4.78 is 24.4. The molecule has 1 aromatic carbocycles. The quantitative estimate of drug-likeness (QED) is 0.222. The third kappa shape index (κ3) is 7.70. The number of aromatic nitrogens is 3. The van der Waals surface area contributed by atoms with E-state index < -0.39 is 8.32 Å². The van der Waals surface area contributed by atoms with Gasteiger partial charge in [-0.05, 0) is 63.9 Å². The number of benzene rings is 1. The molecule has 2 unspecified atom stereocenters. The Kier molecular flexibility index (Phi) is 10.3. The van der Waals surface area contributed by atoms with Gasteiger partial charge in [0.05, 0.1) is 29.7 Å². The molecule has 1 aliphatic rings. The highest BCUT2D eigenvalue weighted by Crippen LogP contribution is 2.40. The first-order valence-electron chi connectivity index (χ1n) is 15.6. The van der Waals surface area contributed by atoms with Crippen LogP contribution in [0.1, 0.15) is 71.4 Å². The molecule has 0 amide bonds. The van der Waals surface area contributed by atoms with E-state index in [1.807, 2.05) is 38.1 Å². The predicted molar refractivity (Wildman–Crippen MR) is 177 cm³/mol. The summed E-state index contributed by atoms with van der Waals surface area (Å²) in [4.78, 5) is 9.94. The molecule has 2 atom stereocenters. The third-order valence-corrected chi connectivity index (χ3v) is 13.3. The molecule has 9 nitrogen and oxygen atoms in total. The van der Waals surface area contributed by atoms with Crippen molar-refractivity contribution < 1.29 is 23.5 Å². The van der Waals surface area contributed by atoms with Gasteiger partial charge in [0.2, 0.25) is 0 Å². The molecule has 4 rings (SSSR count). The minimum absolute atomic E-state index is 0.0542. The summed E-state index contributed by atoms with van der Waals surface area (Å²) in [6.45, 7) is 26.9. The first kappa shape index (κ1) is 34.1. The fourth-order valence-electron chi connectivity index (χ4n) is 5.23. The average molecular weight is 624 g/mol. The number of hydrogen-bond donors (Lipinski definition) is 2. The lowest BCUT2D eigenvalue weighted by atomic mass is 9.86. The molecule has 0 bridgehead atoms. The number of nitrogens with one attached hydrogen (secondary N) is 1. The van der Waals surface area contributed by atoms with Crippen LogP contribution in [0.5, 0.6) is 5.75 Å². The molecule has 2 aromatic heterocycles. The molecule has 0 spiro atoms. The van der Waals surface area contributed by atoms with Gasteiger partial charge in [-0.25, -0.2) is 9.97 Å². The van der Waals surface area contributed by atoms with Crippen LogP contribution < -0.4 is 10.1 Å². The SMILES string of the molecule is [CH2]C(O[Si](C)(C)C(C)(C)C)C(Oc1cccc(-c2nc(NC3CCOCC3)c(CO)c(-c3c(C)noc3C)n2)c1)C(C)(C)C. The van der Waals surface area contributed by atoms with Crippen LogP contribution in [0.25, 0.3) is 22.6 Å². The summed E-state index contributed by atoms with van der Waals surface area (Å²) in [5.74, 6) is 2.42. The van der Waals surface area contributed by atoms with E-state index in [1.54, 1.807) is 0 Å². The van der Waals surface area contributed by atoms with E-state index in [4.69, 9.17) is 28.4 Å². The Labute approximate surface area is 264 Å². The van der Waals surface area contributed by atoms with Crippen molar-refractivity contribution in [1.29, 1.82) is 0 Å². The number of nitrogens with zero attached hydrogens (tertiary/aromatic N) is 3. The minimum atomic E-state index is -2.08. The lowest BCUT2D eigenvalue weighted by Gasteiger charge is -2.43. The van der Waals surface area contributed by atoms with Gasteiger partial charge in [-0.3, -0.25) is 0 Å². The second-order valence-corrected chi connectivity index (χ2v) is 19.2. The molecule has 10 heteroatoms. The van der Waals surface area contributed by atoms with Gasteiger partial charge in [0.1, 0.15) is 23.4 Å². The lowest BCUT2D eigenvalue weighted by Crippen LogP contribution is -2.50. The second kappa shape index (κ2) is 13.3. The maximum Gasteiger partial charge on any atom is 0.192 e. The zero-order valence-electron chi connectivity index (χ0n) is 28.2. The Hall–Kier alpha value is -2.79. The smallest absolute Gasteiger partial charge is 0.192 e. The van der Waals surface area contributed by atoms with E-state index in [-0.39, 0.29) is 35.3 Å². The van der Waals surface area contributed by atoms with Gasteiger partial charge in [-0.1, -0.05) is 58.8 Å². The van der Waals surface area contributed by atoms with Crippen molar-refractivity contribution in [2.24, 2.45) is 5.41 Å². The summed E-state index contributed by atoms with van der Waals surface area (Å²) in [6.07, 6.45) is 1.05. The van der Waals surface area contributed by atoms with Crippen molar-refractivity contribution in [3.8, 4) is 28.4 Å². The van der Waals surface area contributed by atoms with Crippen molar-refractivity contribution in [2.75, 3.05) is 18.5 Å². The Bertz CT molecular complexity index is 1400. The van der Waals surface area contributed by atoms with E-state index in [2.05, 4.69) is 72.0 Å². The molecule has 1 aliphatic heterocycles. The lowest BCUT2D eigenvalue weighted by molar-refractivity contribution is 0.000981. The van der Waals surface area contributed by atoms with Gasteiger partial charge in [0.25, 0.3) is 0 Å². The highest BCUT2D eigenvalue weighted by molar-refractivity contribution is 6.74. The average Bonchev–Trinajstić information content (AvgIpc) is 3.27.